The number of hydrazine groups is 1. The zero-order chi connectivity index (χ0) is 20.6. The second-order valence-electron chi connectivity index (χ2n) is 9.31. The van der Waals surface area contributed by atoms with E-state index >= 15 is 0 Å². The molecule has 0 saturated heterocycles. The third-order valence-electron chi connectivity index (χ3n) is 6.69. The van der Waals surface area contributed by atoms with Gasteiger partial charge in [-0.2, -0.15) is 0 Å². The van der Waals surface area contributed by atoms with E-state index in [2.05, 4.69) is 16.2 Å². The predicted molar refractivity (Wildman–Crippen MR) is 112 cm³/mol. The lowest BCUT2D eigenvalue weighted by Gasteiger charge is -2.61. The van der Waals surface area contributed by atoms with E-state index < -0.39 is 5.41 Å². The first-order valence-corrected chi connectivity index (χ1v) is 11.3. The van der Waals surface area contributed by atoms with Crippen LogP contribution in [0.1, 0.15) is 51.0 Å². The zero-order valence-corrected chi connectivity index (χ0v) is 17.9. The van der Waals surface area contributed by atoms with Crippen LogP contribution in [0.2, 0.25) is 0 Å². The van der Waals surface area contributed by atoms with E-state index in [4.69, 9.17) is 0 Å². The summed E-state index contributed by atoms with van der Waals surface area (Å²) in [6.07, 6.45) is 5.47. The molecule has 7 heteroatoms. The van der Waals surface area contributed by atoms with Gasteiger partial charge in [-0.3, -0.25) is 25.2 Å². The number of thioether (sulfide) groups is 1. The van der Waals surface area contributed by atoms with Crippen LogP contribution in [0.15, 0.2) is 29.2 Å². The average molecular weight is 416 g/mol. The second kappa shape index (κ2) is 7.67. The second-order valence-corrected chi connectivity index (χ2v) is 10.4. The molecule has 5 rings (SSSR count). The van der Waals surface area contributed by atoms with Crippen molar-refractivity contribution in [1.29, 1.82) is 0 Å². The Balaban J connectivity index is 1.34. The number of hydrogen-bond donors (Lipinski definition) is 3. The standard InChI is InChI=1S/C22H29N3O3S/c1-14-3-5-18(6-4-14)29-12-19(27)24-25-20(28)21-8-16-7-17(9-21)11-22(10-16,13-21)23-15(2)26/h3-6,16-17H,7-13H2,1-2H3,(H,23,26)(H,24,27)(H,25,28). The van der Waals surface area contributed by atoms with Gasteiger partial charge >= 0.3 is 0 Å². The zero-order valence-electron chi connectivity index (χ0n) is 17.0. The summed E-state index contributed by atoms with van der Waals surface area (Å²) in [4.78, 5) is 38.1. The van der Waals surface area contributed by atoms with Gasteiger partial charge in [0.15, 0.2) is 0 Å². The Morgan fingerprint density at radius 1 is 1.03 bits per heavy atom. The summed E-state index contributed by atoms with van der Waals surface area (Å²) in [5.41, 5.74) is 5.73. The Hall–Kier alpha value is -2.02. The lowest BCUT2D eigenvalue weighted by molar-refractivity contribution is -0.154. The fourth-order valence-electron chi connectivity index (χ4n) is 6.13. The molecule has 3 N–H and O–H groups in total. The van der Waals surface area contributed by atoms with E-state index in [1.807, 2.05) is 31.2 Å². The highest BCUT2D eigenvalue weighted by molar-refractivity contribution is 8.00. The van der Waals surface area contributed by atoms with Gasteiger partial charge in [0.05, 0.1) is 11.2 Å². The first-order chi connectivity index (χ1) is 13.8. The molecule has 29 heavy (non-hydrogen) atoms. The van der Waals surface area contributed by atoms with Crippen molar-refractivity contribution in [3.63, 3.8) is 0 Å². The number of aryl methyl sites for hydroxylation is 1. The van der Waals surface area contributed by atoms with E-state index in [1.165, 1.54) is 17.3 Å². The van der Waals surface area contributed by atoms with Gasteiger partial charge in [0.25, 0.3) is 0 Å². The number of benzene rings is 1. The van der Waals surface area contributed by atoms with Gasteiger partial charge in [-0.15, -0.1) is 11.8 Å². The molecule has 3 amide bonds. The van der Waals surface area contributed by atoms with Crippen LogP contribution in [-0.2, 0) is 14.4 Å². The number of carbonyl (C=O) groups excluding carboxylic acids is 3. The SMILES string of the molecule is CC(=O)NC12CC3CC(C1)CC(C(=O)NNC(=O)CSc1ccc(C)cc1)(C3)C2. The molecule has 1 aromatic rings. The molecule has 4 saturated carbocycles. The van der Waals surface area contributed by atoms with Crippen molar-refractivity contribution < 1.29 is 14.4 Å². The predicted octanol–water partition coefficient (Wildman–Crippen LogP) is 2.71. The van der Waals surface area contributed by atoms with Crippen molar-refractivity contribution in [3.05, 3.63) is 29.8 Å². The number of nitrogens with one attached hydrogen (secondary N) is 3. The number of hydrogen-bond acceptors (Lipinski definition) is 4. The van der Waals surface area contributed by atoms with Gasteiger partial charge in [0.2, 0.25) is 17.7 Å². The van der Waals surface area contributed by atoms with Crippen molar-refractivity contribution in [2.75, 3.05) is 5.75 Å². The highest BCUT2D eigenvalue weighted by Gasteiger charge is 2.60. The molecule has 2 unspecified atom stereocenters. The van der Waals surface area contributed by atoms with Crippen LogP contribution >= 0.6 is 11.8 Å². The number of carbonyl (C=O) groups is 3. The third kappa shape index (κ3) is 4.29. The largest absolute Gasteiger partial charge is 0.351 e. The van der Waals surface area contributed by atoms with Crippen molar-refractivity contribution in [1.82, 2.24) is 16.2 Å². The topological polar surface area (TPSA) is 87.3 Å². The summed E-state index contributed by atoms with van der Waals surface area (Å²) < 4.78 is 0. The molecule has 2 atom stereocenters. The lowest BCUT2D eigenvalue weighted by Crippen LogP contribution is -2.66. The van der Waals surface area contributed by atoms with Crippen LogP contribution in [0, 0.1) is 24.2 Å². The Morgan fingerprint density at radius 2 is 1.69 bits per heavy atom. The van der Waals surface area contributed by atoms with Gasteiger partial charge in [0.1, 0.15) is 0 Å². The molecular weight excluding hydrogens is 386 g/mol. The first kappa shape index (κ1) is 20.3. The van der Waals surface area contributed by atoms with Crippen LogP contribution in [0.5, 0.6) is 0 Å². The summed E-state index contributed by atoms with van der Waals surface area (Å²) in [6, 6.07) is 8.01. The molecule has 0 radical (unpaired) electrons. The van der Waals surface area contributed by atoms with Gasteiger partial charge < -0.3 is 5.32 Å². The normalized spacial score (nSPS) is 31.9. The maximum Gasteiger partial charge on any atom is 0.248 e. The molecule has 0 heterocycles. The van der Waals surface area contributed by atoms with Crippen molar-refractivity contribution in [2.45, 2.75) is 62.8 Å². The lowest BCUT2D eigenvalue weighted by atomic mass is 9.46. The quantitative estimate of drug-likeness (QED) is 0.510. The fraction of sp³-hybridized carbons (Fsp3) is 0.591. The van der Waals surface area contributed by atoms with Crippen LogP contribution < -0.4 is 16.2 Å². The third-order valence-corrected chi connectivity index (χ3v) is 7.70. The Labute approximate surface area is 175 Å². The van der Waals surface area contributed by atoms with Crippen molar-refractivity contribution in [2.24, 2.45) is 17.3 Å². The summed E-state index contributed by atoms with van der Waals surface area (Å²) in [5.74, 6) is 0.852. The molecule has 1 aromatic carbocycles. The molecular formula is C22H29N3O3S. The molecule has 4 aliphatic rings. The first-order valence-electron chi connectivity index (χ1n) is 10.4. The summed E-state index contributed by atoms with van der Waals surface area (Å²) in [6.45, 7) is 3.58. The summed E-state index contributed by atoms with van der Waals surface area (Å²) >= 11 is 1.44. The smallest absolute Gasteiger partial charge is 0.248 e. The molecule has 4 fully saturated rings. The minimum Gasteiger partial charge on any atom is -0.351 e. The molecule has 0 aliphatic heterocycles. The van der Waals surface area contributed by atoms with Crippen LogP contribution in [0.4, 0.5) is 0 Å². The number of amides is 3. The Bertz CT molecular complexity index is 809. The van der Waals surface area contributed by atoms with Gasteiger partial charge in [-0.05, 0) is 69.4 Å². The van der Waals surface area contributed by atoms with Crippen LogP contribution in [-0.4, -0.2) is 29.0 Å². The molecule has 4 aliphatic carbocycles. The van der Waals surface area contributed by atoms with Gasteiger partial charge in [-0.1, -0.05) is 17.7 Å². The number of rotatable bonds is 5. The maximum absolute atomic E-state index is 13.1. The van der Waals surface area contributed by atoms with Crippen LogP contribution in [0.3, 0.4) is 0 Å². The monoisotopic (exact) mass is 415 g/mol. The Kier molecular flexibility index (Phi) is 5.36. The van der Waals surface area contributed by atoms with Gasteiger partial charge in [-0.25, -0.2) is 0 Å². The molecule has 0 aromatic heterocycles. The van der Waals surface area contributed by atoms with Crippen molar-refractivity contribution >= 4 is 29.5 Å². The fourth-order valence-corrected chi connectivity index (χ4v) is 6.82. The average Bonchev–Trinajstić information content (AvgIpc) is 2.63. The van der Waals surface area contributed by atoms with E-state index in [-0.39, 0.29) is 29.0 Å². The van der Waals surface area contributed by atoms with Crippen molar-refractivity contribution in [3.8, 4) is 0 Å². The molecule has 0 spiro atoms. The minimum atomic E-state index is -0.482. The highest BCUT2D eigenvalue weighted by Crippen LogP contribution is 2.61. The molecule has 6 nitrogen and oxygen atoms in total. The van der Waals surface area contributed by atoms with Gasteiger partial charge in [0, 0.05) is 17.4 Å². The summed E-state index contributed by atoms with van der Waals surface area (Å²) in [5, 5.41) is 3.16. The molecule has 4 bridgehead atoms. The van der Waals surface area contributed by atoms with E-state index in [0.717, 1.165) is 37.0 Å². The Morgan fingerprint density at radius 3 is 2.31 bits per heavy atom. The minimum absolute atomic E-state index is 0.0241. The highest BCUT2D eigenvalue weighted by atomic mass is 32.2. The van der Waals surface area contributed by atoms with E-state index in [9.17, 15) is 14.4 Å². The maximum atomic E-state index is 13.1. The summed E-state index contributed by atoms with van der Waals surface area (Å²) in [7, 11) is 0. The van der Waals surface area contributed by atoms with E-state index in [0.29, 0.717) is 18.3 Å². The van der Waals surface area contributed by atoms with Crippen LogP contribution in [0.25, 0.3) is 0 Å². The molecule has 156 valence electrons. The van der Waals surface area contributed by atoms with E-state index in [1.54, 1.807) is 6.92 Å².